The van der Waals surface area contributed by atoms with Crippen LogP contribution in [0.15, 0.2) is 18.5 Å². The van der Waals surface area contributed by atoms with E-state index in [-0.39, 0.29) is 12.1 Å². The Bertz CT molecular complexity index is 340. The van der Waals surface area contributed by atoms with Gasteiger partial charge in [-0.1, -0.05) is 19.3 Å². The number of nitrogens with zero attached hydrogens (tertiary/aromatic N) is 1. The van der Waals surface area contributed by atoms with Gasteiger partial charge >= 0.3 is 0 Å². The third-order valence-corrected chi connectivity index (χ3v) is 3.96. The van der Waals surface area contributed by atoms with E-state index in [9.17, 15) is 5.11 Å². The smallest absolute Gasteiger partial charge is 0.0613 e. The first-order valence-corrected chi connectivity index (χ1v) is 6.78. The van der Waals surface area contributed by atoms with Crippen LogP contribution in [0.4, 0.5) is 0 Å². The largest absolute Gasteiger partial charge is 0.394 e. The molecule has 1 aliphatic rings. The van der Waals surface area contributed by atoms with Crippen molar-refractivity contribution in [2.75, 3.05) is 6.61 Å². The van der Waals surface area contributed by atoms with Crippen molar-refractivity contribution in [2.24, 2.45) is 0 Å². The Morgan fingerprint density at radius 1 is 1.35 bits per heavy atom. The molecule has 1 aromatic rings. The first kappa shape index (κ1) is 12.7. The summed E-state index contributed by atoms with van der Waals surface area (Å²) in [5, 5.41) is 13.2. The second kappa shape index (κ2) is 5.69. The van der Waals surface area contributed by atoms with Crippen LogP contribution in [0.25, 0.3) is 0 Å². The molecule has 3 nitrogen and oxygen atoms in total. The Labute approximate surface area is 104 Å². The van der Waals surface area contributed by atoms with Gasteiger partial charge in [0.1, 0.15) is 0 Å². The minimum Gasteiger partial charge on any atom is -0.394 e. The summed E-state index contributed by atoms with van der Waals surface area (Å²) < 4.78 is 2.18. The molecule has 0 saturated heterocycles. The Morgan fingerprint density at radius 2 is 2.12 bits per heavy atom. The van der Waals surface area contributed by atoms with Gasteiger partial charge in [0, 0.05) is 31.0 Å². The van der Waals surface area contributed by atoms with E-state index in [4.69, 9.17) is 0 Å². The number of aromatic nitrogens is 1. The van der Waals surface area contributed by atoms with Crippen LogP contribution < -0.4 is 5.32 Å². The summed E-state index contributed by atoms with van der Waals surface area (Å²) in [6.07, 6.45) is 10.3. The summed E-state index contributed by atoms with van der Waals surface area (Å²) in [7, 11) is 0. The molecule has 2 N–H and O–H groups in total. The lowest BCUT2D eigenvalue weighted by Crippen LogP contribution is -2.49. The SMILES string of the molecule is CCn1ccc(CNC2(CO)CCCCC2)c1. The van der Waals surface area contributed by atoms with E-state index in [1.807, 2.05) is 0 Å². The molecule has 2 rings (SSSR count). The van der Waals surface area contributed by atoms with E-state index in [1.165, 1.54) is 24.8 Å². The molecule has 1 fully saturated rings. The second-order valence-corrected chi connectivity index (χ2v) is 5.20. The molecule has 0 unspecified atom stereocenters. The molecule has 0 radical (unpaired) electrons. The zero-order valence-corrected chi connectivity index (χ0v) is 10.8. The molecule has 17 heavy (non-hydrogen) atoms. The van der Waals surface area contributed by atoms with Gasteiger partial charge in [-0.3, -0.25) is 0 Å². The van der Waals surface area contributed by atoms with Crippen LogP contribution in [0.1, 0.15) is 44.6 Å². The summed E-state index contributed by atoms with van der Waals surface area (Å²) in [6, 6.07) is 2.16. The zero-order valence-electron chi connectivity index (χ0n) is 10.8. The molecule has 0 aromatic carbocycles. The van der Waals surface area contributed by atoms with Gasteiger partial charge in [0.05, 0.1) is 6.61 Å². The monoisotopic (exact) mass is 236 g/mol. The topological polar surface area (TPSA) is 37.2 Å². The van der Waals surface area contributed by atoms with Gasteiger partial charge in [-0.05, 0) is 31.4 Å². The lowest BCUT2D eigenvalue weighted by atomic mass is 9.82. The van der Waals surface area contributed by atoms with Gasteiger partial charge in [-0.2, -0.15) is 0 Å². The maximum Gasteiger partial charge on any atom is 0.0613 e. The number of aliphatic hydroxyl groups is 1. The lowest BCUT2D eigenvalue weighted by Gasteiger charge is -2.36. The van der Waals surface area contributed by atoms with Gasteiger partial charge in [0.2, 0.25) is 0 Å². The first-order chi connectivity index (χ1) is 8.28. The van der Waals surface area contributed by atoms with Gasteiger partial charge in [-0.25, -0.2) is 0 Å². The van der Waals surface area contributed by atoms with Crippen LogP contribution in [0, 0.1) is 0 Å². The molecule has 1 heterocycles. The minimum atomic E-state index is -0.0213. The number of hydrogen-bond donors (Lipinski definition) is 2. The summed E-state index contributed by atoms with van der Waals surface area (Å²) in [4.78, 5) is 0. The summed E-state index contributed by atoms with van der Waals surface area (Å²) >= 11 is 0. The van der Waals surface area contributed by atoms with Gasteiger partial charge in [-0.15, -0.1) is 0 Å². The van der Waals surface area contributed by atoms with E-state index in [2.05, 4.69) is 35.3 Å². The van der Waals surface area contributed by atoms with E-state index < -0.39 is 0 Å². The third-order valence-electron chi connectivity index (χ3n) is 3.96. The van der Waals surface area contributed by atoms with E-state index in [0.29, 0.717) is 0 Å². The molecule has 0 spiro atoms. The van der Waals surface area contributed by atoms with Crippen molar-refractivity contribution < 1.29 is 5.11 Å². The highest BCUT2D eigenvalue weighted by Crippen LogP contribution is 2.28. The number of aryl methyl sites for hydroxylation is 1. The van der Waals surface area contributed by atoms with E-state index in [1.54, 1.807) is 0 Å². The first-order valence-electron chi connectivity index (χ1n) is 6.78. The normalized spacial score (nSPS) is 19.4. The highest BCUT2D eigenvalue weighted by molar-refractivity contribution is 5.10. The predicted molar refractivity (Wildman–Crippen MR) is 69.8 cm³/mol. The standard InChI is InChI=1S/C14H24N2O/c1-2-16-9-6-13(11-16)10-15-14(12-17)7-4-3-5-8-14/h6,9,11,15,17H,2-5,7-8,10,12H2,1H3. The quantitative estimate of drug-likeness (QED) is 0.823. The maximum atomic E-state index is 9.60. The lowest BCUT2D eigenvalue weighted by molar-refractivity contribution is 0.119. The van der Waals surface area contributed by atoms with Crippen LogP contribution in [0.5, 0.6) is 0 Å². The average Bonchev–Trinajstić information content (AvgIpc) is 2.85. The predicted octanol–water partition coefficient (Wildman–Crippen LogP) is 2.29. The van der Waals surface area contributed by atoms with Crippen LogP contribution in [0.2, 0.25) is 0 Å². The van der Waals surface area contributed by atoms with Gasteiger partial charge < -0.3 is 15.0 Å². The van der Waals surface area contributed by atoms with Crippen molar-refractivity contribution in [1.29, 1.82) is 0 Å². The molecule has 1 saturated carbocycles. The fourth-order valence-electron chi connectivity index (χ4n) is 2.70. The zero-order chi connectivity index (χ0) is 12.1. The molecular weight excluding hydrogens is 212 g/mol. The molecule has 0 bridgehead atoms. The number of aliphatic hydroxyl groups excluding tert-OH is 1. The van der Waals surface area contributed by atoms with Crippen LogP contribution in [-0.2, 0) is 13.1 Å². The fourth-order valence-corrected chi connectivity index (χ4v) is 2.70. The molecule has 1 aromatic heterocycles. The Hall–Kier alpha value is -0.800. The minimum absolute atomic E-state index is 0.0213. The third kappa shape index (κ3) is 3.11. The van der Waals surface area contributed by atoms with Gasteiger partial charge in [0.25, 0.3) is 0 Å². The van der Waals surface area contributed by atoms with E-state index in [0.717, 1.165) is 25.9 Å². The average molecular weight is 236 g/mol. The molecular formula is C14H24N2O. The van der Waals surface area contributed by atoms with Gasteiger partial charge in [0.15, 0.2) is 0 Å². The molecule has 0 amide bonds. The fraction of sp³-hybridized carbons (Fsp3) is 0.714. The summed E-state index contributed by atoms with van der Waals surface area (Å²) in [5.74, 6) is 0. The summed E-state index contributed by atoms with van der Waals surface area (Å²) in [5.41, 5.74) is 1.29. The molecule has 0 atom stereocenters. The Kier molecular flexibility index (Phi) is 4.24. The number of nitrogens with one attached hydrogen (secondary N) is 1. The molecule has 0 aliphatic heterocycles. The van der Waals surface area contributed by atoms with Crippen molar-refractivity contribution in [3.63, 3.8) is 0 Å². The van der Waals surface area contributed by atoms with Crippen molar-refractivity contribution in [3.05, 3.63) is 24.0 Å². The van der Waals surface area contributed by atoms with Crippen molar-refractivity contribution >= 4 is 0 Å². The second-order valence-electron chi connectivity index (χ2n) is 5.20. The highest BCUT2D eigenvalue weighted by Gasteiger charge is 2.30. The molecule has 96 valence electrons. The van der Waals surface area contributed by atoms with E-state index >= 15 is 0 Å². The number of rotatable bonds is 5. The van der Waals surface area contributed by atoms with Crippen LogP contribution >= 0.6 is 0 Å². The highest BCUT2D eigenvalue weighted by atomic mass is 16.3. The maximum absolute atomic E-state index is 9.60. The van der Waals surface area contributed by atoms with Crippen molar-refractivity contribution in [3.8, 4) is 0 Å². The molecule has 3 heteroatoms. The van der Waals surface area contributed by atoms with Crippen molar-refractivity contribution in [1.82, 2.24) is 9.88 Å². The molecule has 1 aliphatic carbocycles. The summed E-state index contributed by atoms with van der Waals surface area (Å²) in [6.45, 7) is 4.30. The van der Waals surface area contributed by atoms with Crippen LogP contribution in [-0.4, -0.2) is 21.8 Å². The Morgan fingerprint density at radius 3 is 2.71 bits per heavy atom. The Balaban J connectivity index is 1.90. The van der Waals surface area contributed by atoms with Crippen molar-refractivity contribution in [2.45, 2.75) is 57.7 Å². The van der Waals surface area contributed by atoms with Crippen LogP contribution in [0.3, 0.4) is 0 Å². The number of hydrogen-bond acceptors (Lipinski definition) is 2.